The molecule has 0 saturated heterocycles. The fourth-order valence-electron chi connectivity index (χ4n) is 4.38. The highest BCUT2D eigenvalue weighted by molar-refractivity contribution is 5.86. The molecule has 1 aliphatic rings. The second-order valence-corrected chi connectivity index (χ2v) is 9.16. The van der Waals surface area contributed by atoms with Gasteiger partial charge in [0, 0.05) is 18.7 Å². The zero-order valence-corrected chi connectivity index (χ0v) is 20.1. The summed E-state index contributed by atoms with van der Waals surface area (Å²) >= 11 is 0. The number of nitrogens with one attached hydrogen (secondary N) is 1. The number of aryl methyl sites for hydroxylation is 1. The van der Waals surface area contributed by atoms with Gasteiger partial charge in [-0.1, -0.05) is 78.9 Å². The number of hydrogen-bond acceptors (Lipinski definition) is 4. The van der Waals surface area contributed by atoms with Crippen molar-refractivity contribution in [2.75, 3.05) is 5.32 Å². The Morgan fingerprint density at radius 3 is 2.11 bits per heavy atom. The fourth-order valence-corrected chi connectivity index (χ4v) is 4.38. The van der Waals surface area contributed by atoms with Crippen molar-refractivity contribution in [3.05, 3.63) is 96.1 Å². The Balaban J connectivity index is 1.25. The number of anilines is 1. The Kier molecular flexibility index (Phi) is 6.06. The van der Waals surface area contributed by atoms with Crippen LogP contribution in [-0.4, -0.2) is 26.9 Å². The van der Waals surface area contributed by atoms with E-state index in [0.717, 1.165) is 33.5 Å². The zero-order valence-electron chi connectivity index (χ0n) is 20.1. The van der Waals surface area contributed by atoms with Gasteiger partial charge in [0.25, 0.3) is 0 Å². The van der Waals surface area contributed by atoms with Crippen LogP contribution in [-0.2, 0) is 22.0 Å². The highest BCUT2D eigenvalue weighted by atomic mass is 16.6. The number of nitrogens with zero attached hydrogens (tertiary/aromatic N) is 2. The van der Waals surface area contributed by atoms with Gasteiger partial charge in [0.15, 0.2) is 0 Å². The molecule has 1 atom stereocenters. The third kappa shape index (κ3) is 4.60. The number of benzene rings is 3. The van der Waals surface area contributed by atoms with Crippen LogP contribution in [0.3, 0.4) is 0 Å². The van der Waals surface area contributed by atoms with Crippen molar-refractivity contribution in [3.8, 4) is 22.4 Å². The molecule has 0 bridgehead atoms. The Bertz CT molecular complexity index is 1390. The van der Waals surface area contributed by atoms with Gasteiger partial charge in [0.2, 0.25) is 0 Å². The number of carbonyl (C=O) groups excluding carboxylic acids is 1. The highest BCUT2D eigenvalue weighted by Crippen LogP contribution is 2.48. The molecule has 0 radical (unpaired) electrons. The average Bonchev–Trinajstić information content (AvgIpc) is 3.64. The van der Waals surface area contributed by atoms with E-state index in [0.29, 0.717) is 18.7 Å². The minimum atomic E-state index is -0.747. The molecule has 0 spiro atoms. The summed E-state index contributed by atoms with van der Waals surface area (Å²) in [6.07, 6.45) is 0.470. The van der Waals surface area contributed by atoms with E-state index in [9.17, 15) is 14.7 Å². The van der Waals surface area contributed by atoms with Gasteiger partial charge in [-0.3, -0.25) is 14.8 Å². The first-order valence-electron chi connectivity index (χ1n) is 11.9. The van der Waals surface area contributed by atoms with Crippen LogP contribution in [0.25, 0.3) is 22.4 Å². The number of carboxylic acid groups (broad SMARTS) is 1. The summed E-state index contributed by atoms with van der Waals surface area (Å²) < 4.78 is 7.10. The zero-order chi connectivity index (χ0) is 25.3. The molecule has 0 aliphatic heterocycles. The van der Waals surface area contributed by atoms with E-state index >= 15 is 0 Å². The van der Waals surface area contributed by atoms with Gasteiger partial charge in [-0.2, -0.15) is 5.10 Å². The Morgan fingerprint density at radius 2 is 1.53 bits per heavy atom. The van der Waals surface area contributed by atoms with Gasteiger partial charge in [-0.05, 0) is 42.0 Å². The number of amides is 1. The summed E-state index contributed by atoms with van der Waals surface area (Å²) in [6, 6.07) is 27.1. The molecule has 1 aliphatic carbocycles. The number of rotatable bonds is 7. The summed E-state index contributed by atoms with van der Waals surface area (Å²) in [6.45, 7) is 1.83. The third-order valence-corrected chi connectivity index (χ3v) is 6.77. The minimum absolute atomic E-state index is 0.376. The Morgan fingerprint density at radius 1 is 0.944 bits per heavy atom. The first-order valence-corrected chi connectivity index (χ1v) is 11.9. The molecule has 36 heavy (non-hydrogen) atoms. The lowest BCUT2D eigenvalue weighted by atomic mass is 9.93. The Hall–Kier alpha value is -4.39. The Labute approximate surface area is 209 Å². The normalized spacial score (nSPS) is 14.6. The van der Waals surface area contributed by atoms with Gasteiger partial charge in [0.05, 0.1) is 11.1 Å². The minimum Gasteiger partial charge on any atom is -0.481 e. The predicted molar refractivity (Wildman–Crippen MR) is 138 cm³/mol. The number of carboxylic acids is 1. The maximum absolute atomic E-state index is 12.4. The summed E-state index contributed by atoms with van der Waals surface area (Å²) in [5.41, 5.74) is 4.76. The lowest BCUT2D eigenvalue weighted by Gasteiger charge is -2.14. The van der Waals surface area contributed by atoms with E-state index < -0.39 is 17.5 Å². The van der Waals surface area contributed by atoms with Gasteiger partial charge >= 0.3 is 12.1 Å². The number of ether oxygens (including phenoxy) is 1. The van der Waals surface area contributed by atoms with Crippen molar-refractivity contribution in [3.63, 3.8) is 0 Å². The molecule has 3 aromatic carbocycles. The number of aliphatic carboxylic acids is 1. The number of hydrogen-bond donors (Lipinski definition) is 2. The molecule has 2 N–H and O–H groups in total. The number of aromatic nitrogens is 2. The van der Waals surface area contributed by atoms with E-state index in [2.05, 4.69) is 10.4 Å². The average molecular weight is 482 g/mol. The van der Waals surface area contributed by atoms with Crippen molar-refractivity contribution in [1.29, 1.82) is 0 Å². The van der Waals surface area contributed by atoms with E-state index in [1.54, 1.807) is 17.8 Å². The standard InChI is InChI=1S/C29H27N3O4/c1-19(20-6-4-3-5-7-20)36-28(35)30-26-18-25(31-32(26)2)23-10-8-21(9-11-23)22-12-14-24(15-13-22)29(16-17-29)27(33)34/h3-15,18-19H,16-17H2,1-2H3,(H,30,35)(H,33,34). The lowest BCUT2D eigenvalue weighted by molar-refractivity contribution is -0.140. The third-order valence-electron chi connectivity index (χ3n) is 6.77. The van der Waals surface area contributed by atoms with Crippen LogP contribution in [0.1, 0.15) is 37.0 Å². The van der Waals surface area contributed by atoms with Crippen LogP contribution >= 0.6 is 0 Å². The molecule has 182 valence electrons. The number of carbonyl (C=O) groups is 2. The van der Waals surface area contributed by atoms with Crippen molar-refractivity contribution in [2.24, 2.45) is 7.05 Å². The topological polar surface area (TPSA) is 93.4 Å². The smallest absolute Gasteiger partial charge is 0.413 e. The van der Waals surface area contributed by atoms with Crippen LogP contribution < -0.4 is 5.32 Å². The maximum atomic E-state index is 12.4. The van der Waals surface area contributed by atoms with E-state index in [1.807, 2.05) is 85.8 Å². The van der Waals surface area contributed by atoms with Crippen molar-refractivity contribution >= 4 is 17.9 Å². The lowest BCUT2D eigenvalue weighted by Crippen LogP contribution is -2.19. The molecular formula is C29H27N3O4. The van der Waals surface area contributed by atoms with Gasteiger partial charge in [0.1, 0.15) is 11.9 Å². The van der Waals surface area contributed by atoms with Crippen LogP contribution in [0, 0.1) is 0 Å². The maximum Gasteiger partial charge on any atom is 0.413 e. The van der Waals surface area contributed by atoms with Crippen LogP contribution in [0.4, 0.5) is 10.6 Å². The molecule has 1 aromatic heterocycles. The van der Waals surface area contributed by atoms with Gasteiger partial charge in [-0.25, -0.2) is 4.79 Å². The molecule has 1 unspecified atom stereocenters. The van der Waals surface area contributed by atoms with Crippen molar-refractivity contribution in [1.82, 2.24) is 9.78 Å². The van der Waals surface area contributed by atoms with Crippen molar-refractivity contribution < 1.29 is 19.4 Å². The summed E-state index contributed by atoms with van der Waals surface area (Å²) in [5, 5.41) is 16.8. The molecule has 1 amide bonds. The molecular weight excluding hydrogens is 454 g/mol. The second-order valence-electron chi connectivity index (χ2n) is 9.16. The first kappa shape index (κ1) is 23.4. The van der Waals surface area contributed by atoms with Crippen LogP contribution in [0.15, 0.2) is 84.9 Å². The fraction of sp³-hybridized carbons (Fsp3) is 0.207. The monoisotopic (exact) mass is 481 g/mol. The van der Waals surface area contributed by atoms with Crippen molar-refractivity contribution in [2.45, 2.75) is 31.3 Å². The van der Waals surface area contributed by atoms with Gasteiger partial charge < -0.3 is 9.84 Å². The molecule has 5 rings (SSSR count). The molecule has 7 heteroatoms. The largest absolute Gasteiger partial charge is 0.481 e. The molecule has 7 nitrogen and oxygen atoms in total. The second kappa shape index (κ2) is 9.34. The molecule has 4 aromatic rings. The van der Waals surface area contributed by atoms with E-state index in [4.69, 9.17) is 4.74 Å². The summed E-state index contributed by atoms with van der Waals surface area (Å²) in [4.78, 5) is 24.0. The predicted octanol–water partition coefficient (Wildman–Crippen LogP) is 6.18. The van der Waals surface area contributed by atoms with Gasteiger partial charge in [-0.15, -0.1) is 0 Å². The van der Waals surface area contributed by atoms with Crippen LogP contribution in [0.2, 0.25) is 0 Å². The molecule has 1 heterocycles. The highest BCUT2D eigenvalue weighted by Gasteiger charge is 2.51. The SMILES string of the molecule is CC(OC(=O)Nc1cc(-c2ccc(-c3ccc(C4(C(=O)O)CC4)cc3)cc2)nn1C)c1ccccc1. The first-order chi connectivity index (χ1) is 17.4. The molecule has 1 fully saturated rings. The summed E-state index contributed by atoms with van der Waals surface area (Å²) in [5.74, 6) is -0.217. The molecule has 1 saturated carbocycles. The quantitative estimate of drug-likeness (QED) is 0.329. The summed E-state index contributed by atoms with van der Waals surface area (Å²) in [7, 11) is 1.76. The van der Waals surface area contributed by atoms with E-state index in [-0.39, 0.29) is 6.10 Å². The van der Waals surface area contributed by atoms with E-state index in [1.165, 1.54) is 0 Å². The van der Waals surface area contributed by atoms with Crippen LogP contribution in [0.5, 0.6) is 0 Å².